The molecule has 0 saturated heterocycles. The van der Waals surface area contributed by atoms with Gasteiger partial charge in [0, 0.05) is 15.4 Å². The van der Waals surface area contributed by atoms with E-state index in [4.69, 9.17) is 5.73 Å². The summed E-state index contributed by atoms with van der Waals surface area (Å²) in [4.78, 5) is 14.4. The van der Waals surface area contributed by atoms with E-state index in [1.807, 2.05) is 31.2 Å². The molecule has 0 aliphatic rings. The van der Waals surface area contributed by atoms with E-state index in [-0.39, 0.29) is 11.9 Å². The average molecular weight is 274 g/mol. The van der Waals surface area contributed by atoms with Crippen LogP contribution in [0.2, 0.25) is 0 Å². The van der Waals surface area contributed by atoms with Crippen LogP contribution in [-0.4, -0.2) is 5.91 Å². The molecule has 0 bridgehead atoms. The maximum atomic E-state index is 12.0. The highest BCUT2D eigenvalue weighted by Crippen LogP contribution is 2.22. The smallest absolute Gasteiger partial charge is 0.224 e. The van der Waals surface area contributed by atoms with Gasteiger partial charge in [0.1, 0.15) is 0 Å². The van der Waals surface area contributed by atoms with E-state index in [1.165, 1.54) is 9.75 Å². The highest BCUT2D eigenvalue weighted by Gasteiger charge is 2.11. The number of nitrogen functional groups attached to an aromatic ring is 1. The van der Waals surface area contributed by atoms with Gasteiger partial charge in [0.25, 0.3) is 0 Å². The first-order valence-electron chi connectivity index (χ1n) is 6.24. The summed E-state index contributed by atoms with van der Waals surface area (Å²) < 4.78 is 0. The molecule has 1 aromatic heterocycles. The van der Waals surface area contributed by atoms with E-state index in [2.05, 4.69) is 24.4 Å². The molecule has 19 heavy (non-hydrogen) atoms. The Balaban J connectivity index is 1.94. The van der Waals surface area contributed by atoms with Gasteiger partial charge in [-0.05, 0) is 43.7 Å². The second-order valence-corrected chi connectivity index (χ2v) is 5.98. The number of anilines is 1. The van der Waals surface area contributed by atoms with Gasteiger partial charge in [0.2, 0.25) is 5.91 Å². The first-order valence-corrected chi connectivity index (χ1v) is 7.06. The Morgan fingerprint density at radius 1 is 1.37 bits per heavy atom. The van der Waals surface area contributed by atoms with Crippen LogP contribution in [0, 0.1) is 6.92 Å². The SMILES string of the molecule is Cc1ccc(C(C)NC(=O)Cc2cccc(N)c2)s1. The van der Waals surface area contributed by atoms with E-state index in [1.54, 1.807) is 11.3 Å². The Kier molecular flexibility index (Phi) is 4.22. The van der Waals surface area contributed by atoms with E-state index in [9.17, 15) is 4.79 Å². The van der Waals surface area contributed by atoms with Gasteiger partial charge in [-0.25, -0.2) is 0 Å². The number of hydrogen-bond acceptors (Lipinski definition) is 3. The van der Waals surface area contributed by atoms with Gasteiger partial charge < -0.3 is 11.1 Å². The van der Waals surface area contributed by atoms with Crippen LogP contribution in [0.3, 0.4) is 0 Å². The third-order valence-corrected chi connectivity index (χ3v) is 4.06. The van der Waals surface area contributed by atoms with Crippen molar-refractivity contribution in [3.05, 3.63) is 51.7 Å². The predicted octanol–water partition coefficient (Wildman–Crippen LogP) is 3.06. The molecule has 0 radical (unpaired) electrons. The number of thiophene rings is 1. The van der Waals surface area contributed by atoms with Crippen molar-refractivity contribution < 1.29 is 4.79 Å². The van der Waals surface area contributed by atoms with Crippen molar-refractivity contribution in [1.82, 2.24) is 5.32 Å². The summed E-state index contributed by atoms with van der Waals surface area (Å²) in [5.41, 5.74) is 7.32. The predicted molar refractivity (Wildman–Crippen MR) is 80.2 cm³/mol. The van der Waals surface area contributed by atoms with Crippen molar-refractivity contribution in [2.75, 3.05) is 5.73 Å². The average Bonchev–Trinajstić information content (AvgIpc) is 2.75. The first kappa shape index (κ1) is 13.6. The summed E-state index contributed by atoms with van der Waals surface area (Å²) in [7, 11) is 0. The highest BCUT2D eigenvalue weighted by atomic mass is 32.1. The van der Waals surface area contributed by atoms with Crippen molar-refractivity contribution in [2.45, 2.75) is 26.3 Å². The minimum atomic E-state index is 0.0177. The van der Waals surface area contributed by atoms with Crippen LogP contribution in [0.4, 0.5) is 5.69 Å². The summed E-state index contributed by atoms with van der Waals surface area (Å²) in [5, 5.41) is 3.01. The maximum absolute atomic E-state index is 12.0. The lowest BCUT2D eigenvalue weighted by Gasteiger charge is -2.12. The van der Waals surface area contributed by atoms with Crippen molar-refractivity contribution >= 4 is 22.9 Å². The van der Waals surface area contributed by atoms with Gasteiger partial charge in [-0.15, -0.1) is 11.3 Å². The van der Waals surface area contributed by atoms with E-state index in [0.717, 1.165) is 5.56 Å². The third kappa shape index (κ3) is 3.83. The molecule has 0 saturated carbocycles. The monoisotopic (exact) mass is 274 g/mol. The molecular formula is C15H18N2OS. The summed E-state index contributed by atoms with van der Waals surface area (Å²) in [6.07, 6.45) is 0.361. The fourth-order valence-electron chi connectivity index (χ4n) is 1.94. The molecule has 2 aromatic rings. The standard InChI is InChI=1S/C15H18N2OS/c1-10-6-7-14(19-10)11(2)17-15(18)9-12-4-3-5-13(16)8-12/h3-8,11H,9,16H2,1-2H3,(H,17,18). The molecule has 100 valence electrons. The number of rotatable bonds is 4. The van der Waals surface area contributed by atoms with Crippen LogP contribution < -0.4 is 11.1 Å². The van der Waals surface area contributed by atoms with Crippen molar-refractivity contribution in [3.8, 4) is 0 Å². The normalized spacial score (nSPS) is 12.1. The minimum absolute atomic E-state index is 0.0177. The Hall–Kier alpha value is -1.81. The molecule has 1 aromatic carbocycles. The largest absolute Gasteiger partial charge is 0.399 e. The summed E-state index contributed by atoms with van der Waals surface area (Å²) in [6, 6.07) is 11.6. The van der Waals surface area contributed by atoms with Crippen LogP contribution in [-0.2, 0) is 11.2 Å². The van der Waals surface area contributed by atoms with Crippen molar-refractivity contribution in [1.29, 1.82) is 0 Å². The lowest BCUT2D eigenvalue weighted by atomic mass is 10.1. The van der Waals surface area contributed by atoms with Crippen molar-refractivity contribution in [3.63, 3.8) is 0 Å². The van der Waals surface area contributed by atoms with Gasteiger partial charge >= 0.3 is 0 Å². The Labute approximate surface area is 117 Å². The Bertz CT molecular complexity index is 577. The zero-order valence-electron chi connectivity index (χ0n) is 11.1. The highest BCUT2D eigenvalue weighted by molar-refractivity contribution is 7.12. The van der Waals surface area contributed by atoms with E-state index >= 15 is 0 Å². The molecular weight excluding hydrogens is 256 g/mol. The van der Waals surface area contributed by atoms with E-state index < -0.39 is 0 Å². The number of nitrogens with one attached hydrogen (secondary N) is 1. The van der Waals surface area contributed by atoms with Gasteiger partial charge in [0.05, 0.1) is 12.5 Å². The third-order valence-electron chi connectivity index (χ3n) is 2.88. The van der Waals surface area contributed by atoms with Crippen LogP contribution in [0.5, 0.6) is 0 Å². The number of benzene rings is 1. The number of nitrogens with two attached hydrogens (primary N) is 1. The zero-order chi connectivity index (χ0) is 13.8. The van der Waals surface area contributed by atoms with Gasteiger partial charge in [-0.3, -0.25) is 4.79 Å². The van der Waals surface area contributed by atoms with E-state index in [0.29, 0.717) is 12.1 Å². The fraction of sp³-hybridized carbons (Fsp3) is 0.267. The number of aryl methyl sites for hydroxylation is 1. The van der Waals surface area contributed by atoms with Crippen molar-refractivity contribution in [2.24, 2.45) is 0 Å². The number of carbonyl (C=O) groups is 1. The molecule has 0 aliphatic heterocycles. The summed E-state index contributed by atoms with van der Waals surface area (Å²) in [5.74, 6) is 0.0177. The van der Waals surface area contributed by atoms with Crippen LogP contribution in [0.25, 0.3) is 0 Å². The maximum Gasteiger partial charge on any atom is 0.224 e. The zero-order valence-corrected chi connectivity index (χ0v) is 12.0. The molecule has 1 amide bonds. The number of amides is 1. The first-order chi connectivity index (χ1) is 9.04. The molecule has 3 nitrogen and oxygen atoms in total. The number of carbonyl (C=O) groups excluding carboxylic acids is 1. The van der Waals surface area contributed by atoms with Gasteiger partial charge in [-0.2, -0.15) is 0 Å². The molecule has 1 atom stereocenters. The quantitative estimate of drug-likeness (QED) is 0.842. The molecule has 0 spiro atoms. The molecule has 0 fully saturated rings. The second-order valence-electron chi connectivity index (χ2n) is 4.66. The van der Waals surface area contributed by atoms with Gasteiger partial charge in [0.15, 0.2) is 0 Å². The van der Waals surface area contributed by atoms with Gasteiger partial charge in [-0.1, -0.05) is 12.1 Å². The topological polar surface area (TPSA) is 55.1 Å². The molecule has 1 unspecified atom stereocenters. The molecule has 3 N–H and O–H groups in total. The molecule has 4 heteroatoms. The lowest BCUT2D eigenvalue weighted by Crippen LogP contribution is -2.27. The summed E-state index contributed by atoms with van der Waals surface area (Å²) >= 11 is 1.71. The molecule has 1 heterocycles. The summed E-state index contributed by atoms with van der Waals surface area (Å²) in [6.45, 7) is 4.07. The minimum Gasteiger partial charge on any atom is -0.399 e. The molecule has 2 rings (SSSR count). The lowest BCUT2D eigenvalue weighted by molar-refractivity contribution is -0.121. The van der Waals surface area contributed by atoms with Crippen LogP contribution in [0.1, 0.15) is 28.3 Å². The Morgan fingerprint density at radius 2 is 2.16 bits per heavy atom. The Morgan fingerprint density at radius 3 is 2.79 bits per heavy atom. The fourth-order valence-corrected chi connectivity index (χ4v) is 2.82. The van der Waals surface area contributed by atoms with Crippen LogP contribution >= 0.6 is 11.3 Å². The second kappa shape index (κ2) is 5.89. The molecule has 0 aliphatic carbocycles. The number of hydrogen-bond donors (Lipinski definition) is 2. The van der Waals surface area contributed by atoms with Crippen LogP contribution in [0.15, 0.2) is 36.4 Å².